The minimum Gasteiger partial charge on any atom is -0.460 e. The lowest BCUT2D eigenvalue weighted by Gasteiger charge is -2.30. The van der Waals surface area contributed by atoms with Gasteiger partial charge in [0.1, 0.15) is 11.2 Å². The van der Waals surface area contributed by atoms with Gasteiger partial charge in [0.25, 0.3) is 0 Å². The lowest BCUT2D eigenvalue weighted by molar-refractivity contribution is -0.161. The number of Topliss-reactive ketones (excluding diaryl/α,β-unsaturated/α-hetero) is 1. The monoisotopic (exact) mass is 370 g/mol. The van der Waals surface area contributed by atoms with E-state index in [1.165, 1.54) is 0 Å². The molecule has 0 saturated heterocycles. The number of carbonyl (C=O) groups is 2. The molecule has 0 rings (SSSR count). The standard InChI is InChI=1S/C22H42O4/c1-19(2,3)13-11-17(23)22(9,10)25-16-15-21(7,8)26-18(24)12-14-20(4,5)6/h11-16H2,1-10H3. The molecular formula is C22H42O4. The van der Waals surface area contributed by atoms with Crippen molar-refractivity contribution in [2.75, 3.05) is 6.61 Å². The van der Waals surface area contributed by atoms with Crippen molar-refractivity contribution in [3.8, 4) is 0 Å². The van der Waals surface area contributed by atoms with Crippen LogP contribution in [-0.4, -0.2) is 29.6 Å². The third kappa shape index (κ3) is 12.5. The zero-order chi connectivity index (χ0) is 20.8. The van der Waals surface area contributed by atoms with Gasteiger partial charge in [-0.1, -0.05) is 41.5 Å². The van der Waals surface area contributed by atoms with E-state index < -0.39 is 11.2 Å². The molecule has 0 bridgehead atoms. The Morgan fingerprint density at radius 1 is 0.692 bits per heavy atom. The highest BCUT2D eigenvalue weighted by atomic mass is 16.6. The molecule has 0 spiro atoms. The minimum atomic E-state index is -0.808. The number of carbonyl (C=O) groups excluding carboxylic acids is 2. The summed E-state index contributed by atoms with van der Waals surface area (Å²) in [6, 6.07) is 0. The molecule has 4 nitrogen and oxygen atoms in total. The van der Waals surface area contributed by atoms with Gasteiger partial charge in [-0.05, 0) is 51.4 Å². The molecule has 0 aliphatic carbocycles. The van der Waals surface area contributed by atoms with Gasteiger partial charge >= 0.3 is 5.97 Å². The summed E-state index contributed by atoms with van der Waals surface area (Å²) < 4.78 is 11.4. The summed E-state index contributed by atoms with van der Waals surface area (Å²) in [6.07, 6.45) is 3.14. The molecule has 0 saturated carbocycles. The van der Waals surface area contributed by atoms with Crippen molar-refractivity contribution >= 4 is 11.8 Å². The highest BCUT2D eigenvalue weighted by Crippen LogP contribution is 2.26. The van der Waals surface area contributed by atoms with Crippen molar-refractivity contribution in [1.29, 1.82) is 0 Å². The average molecular weight is 371 g/mol. The van der Waals surface area contributed by atoms with Crippen LogP contribution in [0.15, 0.2) is 0 Å². The Hall–Kier alpha value is -0.900. The van der Waals surface area contributed by atoms with Crippen LogP contribution in [0.25, 0.3) is 0 Å². The van der Waals surface area contributed by atoms with Crippen molar-refractivity contribution < 1.29 is 19.1 Å². The smallest absolute Gasteiger partial charge is 0.306 e. The highest BCUT2D eigenvalue weighted by molar-refractivity contribution is 5.86. The Labute approximate surface area is 161 Å². The van der Waals surface area contributed by atoms with Gasteiger partial charge < -0.3 is 9.47 Å². The van der Waals surface area contributed by atoms with Crippen LogP contribution in [0.5, 0.6) is 0 Å². The molecule has 0 aromatic heterocycles. The van der Waals surface area contributed by atoms with Crippen LogP contribution >= 0.6 is 0 Å². The number of ether oxygens (including phenoxy) is 2. The molecule has 154 valence electrons. The molecule has 0 aliphatic heterocycles. The molecule has 0 unspecified atom stereocenters. The van der Waals surface area contributed by atoms with Gasteiger partial charge in [0.05, 0.1) is 6.61 Å². The SMILES string of the molecule is CC(C)(C)CCC(=O)OC(C)(C)CCOC(C)(C)C(=O)CCC(C)(C)C. The fourth-order valence-corrected chi connectivity index (χ4v) is 2.31. The van der Waals surface area contributed by atoms with Crippen molar-refractivity contribution in [2.24, 2.45) is 10.8 Å². The first-order valence-electron chi connectivity index (χ1n) is 9.83. The third-order valence-electron chi connectivity index (χ3n) is 4.41. The van der Waals surface area contributed by atoms with Gasteiger partial charge in [0, 0.05) is 19.3 Å². The van der Waals surface area contributed by atoms with Gasteiger partial charge in [0.2, 0.25) is 0 Å². The normalized spacial score (nSPS) is 13.6. The highest BCUT2D eigenvalue weighted by Gasteiger charge is 2.31. The number of ketones is 1. The number of hydrogen-bond acceptors (Lipinski definition) is 4. The summed E-state index contributed by atoms with van der Waals surface area (Å²) >= 11 is 0. The molecule has 0 heterocycles. The number of rotatable bonds is 10. The summed E-state index contributed by atoms with van der Waals surface area (Å²) in [4.78, 5) is 24.4. The zero-order valence-electron chi connectivity index (χ0n) is 18.9. The molecule has 0 aromatic carbocycles. The molecule has 0 N–H and O–H groups in total. The summed E-state index contributed by atoms with van der Waals surface area (Å²) in [5, 5.41) is 0. The predicted molar refractivity (Wildman–Crippen MR) is 107 cm³/mol. The predicted octanol–water partition coefficient (Wildman–Crippen LogP) is 5.72. The largest absolute Gasteiger partial charge is 0.460 e. The zero-order valence-corrected chi connectivity index (χ0v) is 18.9. The summed E-state index contributed by atoms with van der Waals surface area (Å²) in [5.74, 6) is -0.0576. The molecule has 0 radical (unpaired) electrons. The van der Waals surface area contributed by atoms with Gasteiger partial charge in [-0.3, -0.25) is 9.59 Å². The van der Waals surface area contributed by atoms with Crippen LogP contribution in [0.2, 0.25) is 0 Å². The Morgan fingerprint density at radius 3 is 1.62 bits per heavy atom. The fraction of sp³-hybridized carbons (Fsp3) is 0.909. The Morgan fingerprint density at radius 2 is 1.15 bits per heavy atom. The van der Waals surface area contributed by atoms with E-state index in [0.717, 1.165) is 12.8 Å². The Kier molecular flexibility index (Phi) is 9.02. The second-order valence-electron chi connectivity index (χ2n) is 10.9. The molecule has 26 heavy (non-hydrogen) atoms. The van der Waals surface area contributed by atoms with Crippen LogP contribution in [0.4, 0.5) is 0 Å². The maximum Gasteiger partial charge on any atom is 0.306 e. The van der Waals surface area contributed by atoms with E-state index in [9.17, 15) is 9.59 Å². The van der Waals surface area contributed by atoms with Gasteiger partial charge in [-0.25, -0.2) is 0 Å². The number of hydrogen-bond donors (Lipinski definition) is 0. The molecule has 0 fully saturated rings. The topological polar surface area (TPSA) is 52.6 Å². The fourth-order valence-electron chi connectivity index (χ4n) is 2.31. The Bertz CT molecular complexity index is 462. The van der Waals surface area contributed by atoms with Crippen molar-refractivity contribution in [2.45, 2.75) is 113 Å². The third-order valence-corrected chi connectivity index (χ3v) is 4.41. The minimum absolute atomic E-state index is 0.115. The van der Waals surface area contributed by atoms with Crippen molar-refractivity contribution in [3.63, 3.8) is 0 Å². The van der Waals surface area contributed by atoms with Crippen molar-refractivity contribution in [3.05, 3.63) is 0 Å². The summed E-state index contributed by atoms with van der Waals surface area (Å²) in [7, 11) is 0. The molecular weight excluding hydrogens is 328 g/mol. The van der Waals surface area contributed by atoms with Crippen LogP contribution < -0.4 is 0 Å². The summed E-state index contributed by atoms with van der Waals surface area (Å²) in [6.45, 7) is 20.5. The van der Waals surface area contributed by atoms with E-state index >= 15 is 0 Å². The van der Waals surface area contributed by atoms with E-state index in [2.05, 4.69) is 41.5 Å². The Balaban J connectivity index is 4.37. The van der Waals surface area contributed by atoms with E-state index in [-0.39, 0.29) is 22.6 Å². The second kappa shape index (κ2) is 9.34. The van der Waals surface area contributed by atoms with E-state index in [1.54, 1.807) is 0 Å². The van der Waals surface area contributed by atoms with E-state index in [0.29, 0.717) is 25.9 Å². The van der Waals surface area contributed by atoms with Crippen LogP contribution in [0.3, 0.4) is 0 Å². The van der Waals surface area contributed by atoms with E-state index in [4.69, 9.17) is 9.47 Å². The molecule has 0 atom stereocenters. The first kappa shape index (κ1) is 25.1. The summed E-state index contributed by atoms with van der Waals surface area (Å²) in [5.41, 5.74) is -1.16. The number of esters is 1. The molecule has 4 heteroatoms. The van der Waals surface area contributed by atoms with E-state index in [1.807, 2.05) is 27.7 Å². The lowest BCUT2D eigenvalue weighted by Crippen LogP contribution is -2.38. The first-order chi connectivity index (χ1) is 11.4. The molecule has 0 aromatic rings. The maximum atomic E-state index is 12.4. The molecule has 0 amide bonds. The lowest BCUT2D eigenvalue weighted by atomic mass is 9.87. The van der Waals surface area contributed by atoms with Crippen LogP contribution in [0.1, 0.15) is 101 Å². The average Bonchev–Trinajstić information content (AvgIpc) is 2.39. The maximum absolute atomic E-state index is 12.4. The quantitative estimate of drug-likeness (QED) is 0.462. The van der Waals surface area contributed by atoms with Crippen LogP contribution in [0, 0.1) is 10.8 Å². The van der Waals surface area contributed by atoms with Crippen LogP contribution in [-0.2, 0) is 19.1 Å². The van der Waals surface area contributed by atoms with Gasteiger partial charge in [-0.2, -0.15) is 0 Å². The second-order valence-corrected chi connectivity index (χ2v) is 10.9. The van der Waals surface area contributed by atoms with Crippen molar-refractivity contribution in [1.82, 2.24) is 0 Å². The van der Waals surface area contributed by atoms with Gasteiger partial charge in [-0.15, -0.1) is 0 Å². The molecule has 0 aliphatic rings. The first-order valence-corrected chi connectivity index (χ1v) is 9.83. The van der Waals surface area contributed by atoms with Gasteiger partial charge in [0.15, 0.2) is 5.78 Å².